The predicted octanol–water partition coefficient (Wildman–Crippen LogP) is 2.47. The Morgan fingerprint density at radius 3 is 2.47 bits per heavy atom. The standard InChI is InChI=1S/C15H30BNO2/c1-9(2)6-14(17)16(18)19-13-8-11-7-12(10(13)3)15(11,4)5/h9-14,18H,6-8,17H2,1-5H3/t10-,11+,12+,13-,14+/m1/s1. The van der Waals surface area contributed by atoms with E-state index in [9.17, 15) is 5.02 Å². The van der Waals surface area contributed by atoms with E-state index in [-0.39, 0.29) is 12.0 Å². The molecular formula is C15H30BNO2. The van der Waals surface area contributed by atoms with Gasteiger partial charge in [0.15, 0.2) is 0 Å². The second-order valence-electron chi connectivity index (χ2n) is 7.81. The molecule has 0 amide bonds. The molecule has 110 valence electrons. The van der Waals surface area contributed by atoms with Gasteiger partial charge in [-0.15, -0.1) is 0 Å². The topological polar surface area (TPSA) is 55.5 Å². The van der Waals surface area contributed by atoms with Gasteiger partial charge in [-0.05, 0) is 48.3 Å². The maximum Gasteiger partial charge on any atom is 0.472 e. The van der Waals surface area contributed by atoms with Crippen LogP contribution in [0.4, 0.5) is 0 Å². The van der Waals surface area contributed by atoms with E-state index in [1.165, 1.54) is 6.42 Å². The van der Waals surface area contributed by atoms with Crippen molar-refractivity contribution in [2.45, 2.75) is 65.9 Å². The van der Waals surface area contributed by atoms with Crippen molar-refractivity contribution in [1.29, 1.82) is 0 Å². The normalized spacial score (nSPS) is 37.9. The zero-order valence-corrected chi connectivity index (χ0v) is 13.1. The second kappa shape index (κ2) is 5.38. The molecule has 4 heteroatoms. The first-order valence-electron chi connectivity index (χ1n) is 7.82. The fraction of sp³-hybridized carbons (Fsp3) is 1.00. The molecule has 0 unspecified atom stereocenters. The van der Waals surface area contributed by atoms with E-state index in [2.05, 4.69) is 34.6 Å². The van der Waals surface area contributed by atoms with E-state index in [1.54, 1.807) is 0 Å². The summed E-state index contributed by atoms with van der Waals surface area (Å²) >= 11 is 0. The van der Waals surface area contributed by atoms with Gasteiger partial charge in [-0.1, -0.05) is 34.6 Å². The molecule has 19 heavy (non-hydrogen) atoms. The summed E-state index contributed by atoms with van der Waals surface area (Å²) in [5.74, 6) is 2.25. The Hall–Kier alpha value is -0.0551. The maximum atomic E-state index is 10.1. The van der Waals surface area contributed by atoms with Crippen LogP contribution < -0.4 is 5.73 Å². The van der Waals surface area contributed by atoms with Gasteiger partial charge in [-0.3, -0.25) is 0 Å². The molecule has 0 radical (unpaired) electrons. The van der Waals surface area contributed by atoms with Crippen LogP contribution in [0.5, 0.6) is 0 Å². The third-order valence-corrected chi connectivity index (χ3v) is 5.71. The van der Waals surface area contributed by atoms with Crippen LogP contribution in [-0.2, 0) is 4.65 Å². The lowest BCUT2D eigenvalue weighted by atomic mass is 9.45. The molecule has 0 aromatic carbocycles. The highest BCUT2D eigenvalue weighted by molar-refractivity contribution is 6.44. The van der Waals surface area contributed by atoms with Crippen LogP contribution in [0.15, 0.2) is 0 Å². The van der Waals surface area contributed by atoms with Crippen LogP contribution in [0.3, 0.4) is 0 Å². The summed E-state index contributed by atoms with van der Waals surface area (Å²) < 4.78 is 5.89. The van der Waals surface area contributed by atoms with Crippen molar-refractivity contribution in [3.63, 3.8) is 0 Å². The molecule has 0 saturated heterocycles. The van der Waals surface area contributed by atoms with Crippen LogP contribution in [0, 0.1) is 29.1 Å². The second-order valence-corrected chi connectivity index (χ2v) is 7.81. The highest BCUT2D eigenvalue weighted by Crippen LogP contribution is 2.61. The fourth-order valence-corrected chi connectivity index (χ4v) is 4.22. The Labute approximate surface area is 118 Å². The minimum absolute atomic E-state index is 0.185. The van der Waals surface area contributed by atoms with Crippen molar-refractivity contribution in [2.24, 2.45) is 34.8 Å². The van der Waals surface area contributed by atoms with E-state index >= 15 is 0 Å². The molecule has 2 bridgehead atoms. The quantitative estimate of drug-likeness (QED) is 0.752. The Bertz CT molecular complexity index is 321. The summed E-state index contributed by atoms with van der Waals surface area (Å²) in [6.45, 7) is 11.3. The minimum atomic E-state index is -0.810. The lowest BCUT2D eigenvalue weighted by molar-refractivity contribution is -0.151. The number of rotatable bonds is 5. The maximum absolute atomic E-state index is 10.1. The summed E-state index contributed by atoms with van der Waals surface area (Å²) in [4.78, 5) is 0. The van der Waals surface area contributed by atoms with E-state index in [1.807, 2.05) is 0 Å². The smallest absolute Gasteiger partial charge is 0.426 e. The van der Waals surface area contributed by atoms with Crippen LogP contribution in [0.1, 0.15) is 53.9 Å². The molecule has 3 aliphatic rings. The van der Waals surface area contributed by atoms with Crippen molar-refractivity contribution < 1.29 is 9.68 Å². The van der Waals surface area contributed by atoms with Crippen molar-refractivity contribution in [1.82, 2.24) is 0 Å². The van der Waals surface area contributed by atoms with Gasteiger partial charge in [-0.25, -0.2) is 0 Å². The molecular weight excluding hydrogens is 237 g/mol. The van der Waals surface area contributed by atoms with Crippen LogP contribution in [-0.4, -0.2) is 24.2 Å². The average molecular weight is 267 g/mol. The van der Waals surface area contributed by atoms with Gasteiger partial charge in [0.2, 0.25) is 0 Å². The lowest BCUT2D eigenvalue weighted by Gasteiger charge is -2.62. The molecule has 3 N–H and O–H groups in total. The monoisotopic (exact) mass is 267 g/mol. The third-order valence-electron chi connectivity index (χ3n) is 5.71. The molecule has 3 rings (SSSR count). The lowest BCUT2D eigenvalue weighted by Crippen LogP contribution is -2.59. The summed E-state index contributed by atoms with van der Waals surface area (Å²) in [7, 11) is -0.810. The number of nitrogens with two attached hydrogens (primary N) is 1. The van der Waals surface area contributed by atoms with E-state index in [0.29, 0.717) is 17.3 Å². The van der Waals surface area contributed by atoms with Gasteiger partial charge in [0, 0.05) is 12.0 Å². The Morgan fingerprint density at radius 2 is 2.00 bits per heavy atom. The van der Waals surface area contributed by atoms with E-state index in [0.717, 1.165) is 24.7 Å². The van der Waals surface area contributed by atoms with E-state index < -0.39 is 7.12 Å². The Morgan fingerprint density at radius 1 is 1.37 bits per heavy atom. The molecule has 0 heterocycles. The SMILES string of the molecule is CC(C)C[C@H](N)B(O)O[C@@H]1C[C@@H]2C[C@@H]([C@H]1C)C2(C)C. The first kappa shape index (κ1) is 15.3. The van der Waals surface area contributed by atoms with Gasteiger partial charge < -0.3 is 15.4 Å². The third kappa shape index (κ3) is 2.86. The molecule has 0 aliphatic heterocycles. The van der Waals surface area contributed by atoms with Crippen LogP contribution >= 0.6 is 0 Å². The molecule has 0 spiro atoms. The molecule has 0 aromatic rings. The first-order valence-corrected chi connectivity index (χ1v) is 7.82. The van der Waals surface area contributed by atoms with Gasteiger partial charge in [-0.2, -0.15) is 0 Å². The minimum Gasteiger partial charge on any atom is -0.426 e. The van der Waals surface area contributed by atoms with Crippen molar-refractivity contribution >= 4 is 7.12 Å². The molecule has 3 nitrogen and oxygen atoms in total. The zero-order valence-electron chi connectivity index (χ0n) is 13.1. The van der Waals surface area contributed by atoms with Gasteiger partial charge in [0.05, 0.1) is 0 Å². The number of fused-ring (bicyclic) bond motifs is 2. The van der Waals surface area contributed by atoms with Crippen LogP contribution in [0.2, 0.25) is 0 Å². The van der Waals surface area contributed by atoms with Crippen molar-refractivity contribution in [2.75, 3.05) is 0 Å². The first-order chi connectivity index (χ1) is 8.73. The molecule has 3 aliphatic carbocycles. The largest absolute Gasteiger partial charge is 0.472 e. The molecule has 3 saturated carbocycles. The Kier molecular flexibility index (Phi) is 4.34. The fourth-order valence-electron chi connectivity index (χ4n) is 4.22. The number of hydrogen-bond acceptors (Lipinski definition) is 3. The molecule has 3 fully saturated rings. The summed E-state index contributed by atoms with van der Waals surface area (Å²) in [5.41, 5.74) is 6.47. The molecule has 5 atom stereocenters. The van der Waals surface area contributed by atoms with E-state index in [4.69, 9.17) is 10.4 Å². The van der Waals surface area contributed by atoms with Gasteiger partial charge in [0.25, 0.3) is 0 Å². The van der Waals surface area contributed by atoms with Crippen molar-refractivity contribution in [3.8, 4) is 0 Å². The summed E-state index contributed by atoms with van der Waals surface area (Å²) in [5, 5.41) is 10.1. The number of hydrogen-bond donors (Lipinski definition) is 2. The highest BCUT2D eigenvalue weighted by atomic mass is 16.5. The average Bonchev–Trinajstić information content (AvgIpc) is 2.29. The Balaban J connectivity index is 1.87. The summed E-state index contributed by atoms with van der Waals surface area (Å²) in [6, 6.07) is 0. The predicted molar refractivity (Wildman–Crippen MR) is 79.4 cm³/mol. The van der Waals surface area contributed by atoms with Crippen LogP contribution in [0.25, 0.3) is 0 Å². The van der Waals surface area contributed by atoms with Crippen molar-refractivity contribution in [3.05, 3.63) is 0 Å². The zero-order chi connectivity index (χ0) is 14.4. The molecule has 0 aromatic heterocycles. The highest BCUT2D eigenvalue weighted by Gasteiger charge is 2.56. The van der Waals surface area contributed by atoms with Gasteiger partial charge >= 0.3 is 7.12 Å². The van der Waals surface area contributed by atoms with Gasteiger partial charge in [0.1, 0.15) is 0 Å². The summed E-state index contributed by atoms with van der Waals surface area (Å²) in [6.07, 6.45) is 3.41.